The van der Waals surface area contributed by atoms with Crippen LogP contribution in [0.1, 0.15) is 44.1 Å². The van der Waals surface area contributed by atoms with Crippen LogP contribution in [-0.2, 0) is 5.41 Å². The van der Waals surface area contributed by atoms with Crippen LogP contribution in [0.25, 0.3) is 0 Å². The third-order valence-electron chi connectivity index (χ3n) is 5.42. The molecule has 5 heteroatoms. The van der Waals surface area contributed by atoms with E-state index in [4.69, 9.17) is 0 Å². The smallest absolute Gasteiger partial charge is 0.325 e. The molecule has 3 N–H and O–H groups in total. The van der Waals surface area contributed by atoms with Crippen molar-refractivity contribution >= 4 is 0 Å². The molecule has 19 heavy (non-hydrogen) atoms. The Morgan fingerprint density at radius 2 is 1.84 bits per heavy atom. The van der Waals surface area contributed by atoms with Crippen LogP contribution < -0.4 is 11.2 Å². The third-order valence-corrected chi connectivity index (χ3v) is 5.42. The SMILES string of the molecule is O=c1[nH]cc(C23C[C@@H]4C[C@@H](CC(O)(C4)C2)C3)c(=O)[nH]1. The molecule has 5 rings (SSSR count). The van der Waals surface area contributed by atoms with Crippen LogP contribution in [-0.4, -0.2) is 20.7 Å². The highest BCUT2D eigenvalue weighted by Gasteiger charge is 2.58. The van der Waals surface area contributed by atoms with Crippen molar-refractivity contribution in [2.24, 2.45) is 11.8 Å². The van der Waals surface area contributed by atoms with Crippen molar-refractivity contribution in [3.63, 3.8) is 0 Å². The van der Waals surface area contributed by atoms with Crippen LogP contribution in [0, 0.1) is 11.8 Å². The third kappa shape index (κ3) is 1.57. The van der Waals surface area contributed by atoms with Gasteiger partial charge in [-0.05, 0) is 50.4 Å². The molecule has 4 aliphatic carbocycles. The molecule has 2 unspecified atom stereocenters. The first-order chi connectivity index (χ1) is 8.98. The zero-order valence-corrected chi connectivity index (χ0v) is 10.7. The van der Waals surface area contributed by atoms with Gasteiger partial charge in [0.1, 0.15) is 0 Å². The summed E-state index contributed by atoms with van der Waals surface area (Å²) in [7, 11) is 0. The maximum absolute atomic E-state index is 12.1. The van der Waals surface area contributed by atoms with Gasteiger partial charge in [0.05, 0.1) is 5.60 Å². The van der Waals surface area contributed by atoms with Crippen LogP contribution in [0.5, 0.6) is 0 Å². The molecular weight excluding hydrogens is 244 g/mol. The van der Waals surface area contributed by atoms with E-state index >= 15 is 0 Å². The summed E-state index contributed by atoms with van der Waals surface area (Å²) in [5.41, 5.74) is -0.894. The molecule has 0 radical (unpaired) electrons. The van der Waals surface area contributed by atoms with E-state index in [0.717, 1.165) is 25.7 Å². The quantitative estimate of drug-likeness (QED) is 0.694. The van der Waals surface area contributed by atoms with E-state index in [1.54, 1.807) is 6.20 Å². The van der Waals surface area contributed by atoms with Gasteiger partial charge in [-0.15, -0.1) is 0 Å². The Morgan fingerprint density at radius 3 is 2.42 bits per heavy atom. The summed E-state index contributed by atoms with van der Waals surface area (Å²) in [6.45, 7) is 0. The molecule has 4 fully saturated rings. The lowest BCUT2D eigenvalue weighted by molar-refractivity contribution is -0.137. The molecule has 102 valence electrons. The first-order valence-corrected chi connectivity index (χ1v) is 7.03. The molecule has 4 bridgehead atoms. The van der Waals surface area contributed by atoms with E-state index in [-0.39, 0.29) is 11.0 Å². The van der Waals surface area contributed by atoms with Gasteiger partial charge in [0.15, 0.2) is 0 Å². The molecule has 0 aromatic carbocycles. The molecular formula is C14H18N2O3. The molecule has 4 atom stereocenters. The van der Waals surface area contributed by atoms with Gasteiger partial charge in [0.25, 0.3) is 5.56 Å². The Labute approximate surface area is 110 Å². The molecule has 4 aliphatic rings. The molecule has 1 aromatic heterocycles. The van der Waals surface area contributed by atoms with E-state index in [9.17, 15) is 14.7 Å². The highest BCUT2D eigenvalue weighted by Crippen LogP contribution is 2.61. The summed E-state index contributed by atoms with van der Waals surface area (Å²) in [6, 6.07) is 0. The fraction of sp³-hybridized carbons (Fsp3) is 0.714. The molecule has 5 nitrogen and oxygen atoms in total. The van der Waals surface area contributed by atoms with Crippen molar-refractivity contribution in [2.45, 2.75) is 49.5 Å². The van der Waals surface area contributed by atoms with E-state index < -0.39 is 11.3 Å². The molecule has 0 spiro atoms. The van der Waals surface area contributed by atoms with E-state index in [1.165, 1.54) is 6.42 Å². The van der Waals surface area contributed by atoms with E-state index in [1.807, 2.05) is 0 Å². The molecule has 0 saturated heterocycles. The lowest BCUT2D eigenvalue weighted by Gasteiger charge is -2.60. The summed E-state index contributed by atoms with van der Waals surface area (Å²) >= 11 is 0. The van der Waals surface area contributed by atoms with Gasteiger partial charge >= 0.3 is 5.69 Å². The summed E-state index contributed by atoms with van der Waals surface area (Å²) in [5.74, 6) is 1.05. The summed E-state index contributed by atoms with van der Waals surface area (Å²) in [4.78, 5) is 28.2. The predicted octanol–water partition coefficient (Wildman–Crippen LogP) is 0.646. The van der Waals surface area contributed by atoms with Crippen molar-refractivity contribution in [3.05, 3.63) is 32.6 Å². The fourth-order valence-electron chi connectivity index (χ4n) is 5.33. The Balaban J connectivity index is 1.86. The lowest BCUT2D eigenvalue weighted by atomic mass is 9.46. The lowest BCUT2D eigenvalue weighted by Crippen LogP contribution is -2.58. The molecule has 0 aliphatic heterocycles. The van der Waals surface area contributed by atoms with Gasteiger partial charge in [-0.3, -0.25) is 9.78 Å². The highest BCUT2D eigenvalue weighted by atomic mass is 16.3. The van der Waals surface area contributed by atoms with Crippen LogP contribution in [0.15, 0.2) is 15.8 Å². The van der Waals surface area contributed by atoms with Crippen molar-refractivity contribution in [2.75, 3.05) is 0 Å². The first kappa shape index (κ1) is 11.5. The van der Waals surface area contributed by atoms with Gasteiger partial charge in [0, 0.05) is 17.2 Å². The minimum absolute atomic E-state index is 0.226. The minimum Gasteiger partial charge on any atom is -0.390 e. The van der Waals surface area contributed by atoms with Gasteiger partial charge in [-0.1, -0.05) is 0 Å². The normalized spacial score (nSPS) is 43.6. The van der Waals surface area contributed by atoms with Crippen molar-refractivity contribution in [3.8, 4) is 0 Å². The van der Waals surface area contributed by atoms with Gasteiger partial charge in [-0.2, -0.15) is 0 Å². The van der Waals surface area contributed by atoms with Crippen molar-refractivity contribution in [1.29, 1.82) is 0 Å². The van der Waals surface area contributed by atoms with Crippen LogP contribution in [0.3, 0.4) is 0 Å². The number of nitrogens with one attached hydrogen (secondary N) is 2. The summed E-state index contributed by atoms with van der Waals surface area (Å²) < 4.78 is 0. The molecule has 4 saturated carbocycles. The largest absolute Gasteiger partial charge is 0.390 e. The standard InChI is InChI=1S/C14H18N2O3/c17-11-10(6-15-12(18)16-11)13-2-8-1-9(3-13)5-14(19,4-8)7-13/h6,8-9,19H,1-5,7H2,(H2,15,16,17,18)/t8-,9+,13?,14?. The molecule has 0 amide bonds. The van der Waals surface area contributed by atoms with Gasteiger partial charge in [-0.25, -0.2) is 4.79 Å². The Hall–Kier alpha value is -1.36. The van der Waals surface area contributed by atoms with Crippen molar-refractivity contribution in [1.82, 2.24) is 9.97 Å². The second-order valence-electron chi connectivity index (χ2n) is 6.95. The number of hydrogen-bond donors (Lipinski definition) is 3. The summed E-state index contributed by atoms with van der Waals surface area (Å²) in [5, 5.41) is 10.7. The maximum Gasteiger partial charge on any atom is 0.325 e. The summed E-state index contributed by atoms with van der Waals surface area (Å²) in [6.07, 6.45) is 7.13. The maximum atomic E-state index is 12.1. The zero-order valence-electron chi connectivity index (χ0n) is 10.7. The number of H-pyrrole nitrogens is 2. The topological polar surface area (TPSA) is 85.9 Å². The van der Waals surface area contributed by atoms with Crippen LogP contribution >= 0.6 is 0 Å². The highest BCUT2D eigenvalue weighted by molar-refractivity contribution is 5.26. The number of rotatable bonds is 1. The number of aliphatic hydroxyl groups is 1. The molecule has 1 aromatic rings. The zero-order chi connectivity index (χ0) is 13.3. The van der Waals surface area contributed by atoms with Crippen LogP contribution in [0.4, 0.5) is 0 Å². The Morgan fingerprint density at radius 1 is 1.16 bits per heavy atom. The number of aromatic nitrogens is 2. The average Bonchev–Trinajstić information content (AvgIpc) is 2.24. The number of hydrogen-bond acceptors (Lipinski definition) is 3. The average molecular weight is 262 g/mol. The van der Waals surface area contributed by atoms with Crippen molar-refractivity contribution < 1.29 is 5.11 Å². The minimum atomic E-state index is -0.591. The predicted molar refractivity (Wildman–Crippen MR) is 69.0 cm³/mol. The van der Waals surface area contributed by atoms with Gasteiger partial charge in [0.2, 0.25) is 0 Å². The van der Waals surface area contributed by atoms with E-state index in [2.05, 4.69) is 9.97 Å². The van der Waals surface area contributed by atoms with E-state index in [0.29, 0.717) is 23.8 Å². The Bertz CT molecular complexity index is 631. The Kier molecular flexibility index (Phi) is 2.05. The number of aromatic amines is 2. The monoisotopic (exact) mass is 262 g/mol. The first-order valence-electron chi connectivity index (χ1n) is 7.03. The van der Waals surface area contributed by atoms with Crippen LogP contribution in [0.2, 0.25) is 0 Å². The molecule has 1 heterocycles. The van der Waals surface area contributed by atoms with Gasteiger partial charge < -0.3 is 10.1 Å². The fourth-order valence-corrected chi connectivity index (χ4v) is 5.33. The second kappa shape index (κ2) is 3.39. The second-order valence-corrected chi connectivity index (χ2v) is 6.95.